The van der Waals surface area contributed by atoms with Gasteiger partial charge in [-0.3, -0.25) is 0 Å². The van der Waals surface area contributed by atoms with Gasteiger partial charge in [-0.05, 0) is 45.8 Å². The smallest absolute Gasteiger partial charge is 0.335 e. The van der Waals surface area contributed by atoms with Gasteiger partial charge in [-0.25, -0.2) is 4.79 Å². The molecular formula is C14H11BrO3S. The first-order valence-electron chi connectivity index (χ1n) is 5.79. The number of carbonyl (C=O) groups is 1. The largest absolute Gasteiger partial charge is 0.478 e. The Balaban J connectivity index is 2.00. The van der Waals surface area contributed by atoms with Gasteiger partial charge in [0.05, 0.1) is 28.0 Å². The van der Waals surface area contributed by atoms with Crippen LogP contribution in [-0.2, 0) is 10.2 Å². The van der Waals surface area contributed by atoms with Crippen LogP contribution in [0.4, 0.5) is 0 Å². The molecule has 0 unspecified atom stereocenters. The van der Waals surface area contributed by atoms with Crippen LogP contribution in [0, 0.1) is 0 Å². The van der Waals surface area contributed by atoms with Crippen LogP contribution in [0.25, 0.3) is 0 Å². The fraction of sp³-hybridized carbons (Fsp3) is 0.214. The lowest BCUT2D eigenvalue weighted by Gasteiger charge is -2.41. The highest BCUT2D eigenvalue weighted by Gasteiger charge is 2.43. The number of carboxylic acid groups (broad SMARTS) is 1. The average Bonchev–Trinajstić information content (AvgIpc) is 2.75. The zero-order valence-corrected chi connectivity index (χ0v) is 12.3. The van der Waals surface area contributed by atoms with Crippen molar-refractivity contribution in [2.24, 2.45) is 0 Å². The van der Waals surface area contributed by atoms with Crippen LogP contribution in [0.3, 0.4) is 0 Å². The van der Waals surface area contributed by atoms with E-state index in [0.717, 1.165) is 9.35 Å². The van der Waals surface area contributed by atoms with E-state index in [1.54, 1.807) is 23.5 Å². The number of ether oxygens (including phenoxy) is 1. The number of thiophene rings is 1. The predicted molar refractivity (Wildman–Crippen MR) is 77.0 cm³/mol. The Morgan fingerprint density at radius 3 is 2.32 bits per heavy atom. The second-order valence-electron chi connectivity index (χ2n) is 4.56. The molecule has 1 aromatic heterocycles. The standard InChI is InChI=1S/C14H11BrO3S/c15-12-6-5-11(19-12)14(7-18-8-14)10-3-1-9(2-4-10)13(16)17/h1-6H,7-8H2,(H,16,17). The minimum absolute atomic E-state index is 0.117. The van der Waals surface area contributed by atoms with E-state index in [9.17, 15) is 4.79 Å². The number of carboxylic acids is 1. The number of rotatable bonds is 3. The minimum Gasteiger partial charge on any atom is -0.478 e. The van der Waals surface area contributed by atoms with Crippen molar-refractivity contribution < 1.29 is 14.6 Å². The number of aromatic carboxylic acids is 1. The Morgan fingerprint density at radius 2 is 1.89 bits per heavy atom. The first-order valence-corrected chi connectivity index (χ1v) is 7.40. The van der Waals surface area contributed by atoms with Gasteiger partial charge < -0.3 is 9.84 Å². The first-order chi connectivity index (χ1) is 9.12. The van der Waals surface area contributed by atoms with Crippen LogP contribution in [-0.4, -0.2) is 24.3 Å². The minimum atomic E-state index is -0.899. The quantitative estimate of drug-likeness (QED) is 0.931. The van der Waals surface area contributed by atoms with Gasteiger partial charge in [0.25, 0.3) is 0 Å². The normalized spacial score (nSPS) is 16.9. The van der Waals surface area contributed by atoms with Crippen molar-refractivity contribution in [1.82, 2.24) is 0 Å². The Morgan fingerprint density at radius 1 is 1.21 bits per heavy atom. The summed E-state index contributed by atoms with van der Waals surface area (Å²) in [7, 11) is 0. The van der Waals surface area contributed by atoms with Crippen LogP contribution in [0.2, 0.25) is 0 Å². The molecule has 0 spiro atoms. The van der Waals surface area contributed by atoms with Gasteiger partial charge in [-0.2, -0.15) is 0 Å². The lowest BCUT2D eigenvalue weighted by molar-refractivity contribution is -0.0362. The van der Waals surface area contributed by atoms with Crippen molar-refractivity contribution in [2.45, 2.75) is 5.41 Å². The van der Waals surface area contributed by atoms with Crippen molar-refractivity contribution in [3.8, 4) is 0 Å². The third kappa shape index (κ3) is 2.12. The summed E-state index contributed by atoms with van der Waals surface area (Å²) >= 11 is 5.18. The van der Waals surface area contributed by atoms with E-state index in [2.05, 4.69) is 22.0 Å². The average molecular weight is 339 g/mol. The lowest BCUT2D eigenvalue weighted by atomic mass is 9.77. The van der Waals surface area contributed by atoms with Gasteiger partial charge in [-0.15, -0.1) is 11.3 Å². The van der Waals surface area contributed by atoms with E-state index in [0.29, 0.717) is 18.8 Å². The summed E-state index contributed by atoms with van der Waals surface area (Å²) in [6.07, 6.45) is 0. The molecule has 0 aliphatic carbocycles. The molecule has 0 amide bonds. The molecule has 2 heterocycles. The molecule has 0 saturated carbocycles. The summed E-state index contributed by atoms with van der Waals surface area (Å²) in [5, 5.41) is 8.94. The summed E-state index contributed by atoms with van der Waals surface area (Å²) in [5.74, 6) is -0.899. The molecule has 1 saturated heterocycles. The zero-order valence-electron chi connectivity index (χ0n) is 9.93. The highest BCUT2D eigenvalue weighted by molar-refractivity contribution is 9.11. The van der Waals surface area contributed by atoms with Crippen LogP contribution in [0.15, 0.2) is 40.2 Å². The van der Waals surface area contributed by atoms with E-state index in [1.165, 1.54) is 4.88 Å². The summed E-state index contributed by atoms with van der Waals surface area (Å²) in [6.45, 7) is 1.29. The van der Waals surface area contributed by atoms with Crippen molar-refractivity contribution >= 4 is 33.2 Å². The monoisotopic (exact) mass is 338 g/mol. The van der Waals surface area contributed by atoms with Gasteiger partial charge in [0, 0.05) is 4.88 Å². The summed E-state index contributed by atoms with van der Waals surface area (Å²) in [4.78, 5) is 12.1. The third-order valence-corrected chi connectivity index (χ3v) is 5.25. The van der Waals surface area contributed by atoms with E-state index in [-0.39, 0.29) is 5.41 Å². The molecule has 98 valence electrons. The molecule has 1 aliphatic rings. The van der Waals surface area contributed by atoms with Crippen molar-refractivity contribution in [3.05, 3.63) is 56.2 Å². The van der Waals surface area contributed by atoms with E-state index >= 15 is 0 Å². The Kier molecular flexibility index (Phi) is 3.20. The van der Waals surface area contributed by atoms with Gasteiger partial charge in [0.15, 0.2) is 0 Å². The van der Waals surface area contributed by atoms with Crippen molar-refractivity contribution in [3.63, 3.8) is 0 Å². The molecular weight excluding hydrogens is 328 g/mol. The maximum Gasteiger partial charge on any atom is 0.335 e. The highest BCUT2D eigenvalue weighted by atomic mass is 79.9. The van der Waals surface area contributed by atoms with Gasteiger partial charge in [0.1, 0.15) is 0 Å². The first kappa shape index (κ1) is 12.8. The van der Waals surface area contributed by atoms with Crippen molar-refractivity contribution in [2.75, 3.05) is 13.2 Å². The highest BCUT2D eigenvalue weighted by Crippen LogP contribution is 2.43. The molecule has 0 radical (unpaired) electrons. The summed E-state index contributed by atoms with van der Waals surface area (Å²) in [6, 6.07) is 11.2. The molecule has 1 fully saturated rings. The van der Waals surface area contributed by atoms with Crippen molar-refractivity contribution in [1.29, 1.82) is 0 Å². The topological polar surface area (TPSA) is 46.5 Å². The third-order valence-electron chi connectivity index (χ3n) is 3.43. The Hall–Kier alpha value is -1.17. The molecule has 0 atom stereocenters. The number of hydrogen-bond acceptors (Lipinski definition) is 3. The Bertz CT molecular complexity index is 614. The maximum absolute atomic E-state index is 10.9. The van der Waals surface area contributed by atoms with Crippen LogP contribution >= 0.6 is 27.3 Å². The fourth-order valence-corrected chi connectivity index (χ4v) is 3.83. The predicted octanol–water partition coefficient (Wildman–Crippen LogP) is 3.53. The summed E-state index contributed by atoms with van der Waals surface area (Å²) in [5.41, 5.74) is 1.30. The van der Waals surface area contributed by atoms with Crippen LogP contribution < -0.4 is 0 Å². The molecule has 1 aliphatic heterocycles. The van der Waals surface area contributed by atoms with Gasteiger partial charge >= 0.3 is 5.97 Å². The maximum atomic E-state index is 10.9. The summed E-state index contributed by atoms with van der Waals surface area (Å²) < 4.78 is 6.50. The zero-order chi connectivity index (χ0) is 13.5. The molecule has 1 aromatic carbocycles. The van der Waals surface area contributed by atoms with Crippen LogP contribution in [0.5, 0.6) is 0 Å². The van der Waals surface area contributed by atoms with E-state index in [4.69, 9.17) is 9.84 Å². The lowest BCUT2D eigenvalue weighted by Crippen LogP contribution is -2.47. The van der Waals surface area contributed by atoms with E-state index in [1.807, 2.05) is 18.2 Å². The van der Waals surface area contributed by atoms with Crippen LogP contribution in [0.1, 0.15) is 20.8 Å². The molecule has 0 bridgehead atoms. The second kappa shape index (κ2) is 4.74. The molecule has 3 nitrogen and oxygen atoms in total. The molecule has 1 N–H and O–H groups in total. The number of hydrogen-bond donors (Lipinski definition) is 1. The number of benzene rings is 1. The van der Waals surface area contributed by atoms with E-state index < -0.39 is 5.97 Å². The molecule has 2 aromatic rings. The van der Waals surface area contributed by atoms with Gasteiger partial charge in [0.2, 0.25) is 0 Å². The molecule has 5 heteroatoms. The fourth-order valence-electron chi connectivity index (χ4n) is 2.26. The molecule has 19 heavy (non-hydrogen) atoms. The molecule has 3 rings (SSSR count). The SMILES string of the molecule is O=C(O)c1ccc(C2(c3ccc(Br)s3)COC2)cc1. The Labute approximate surface area is 123 Å². The van der Waals surface area contributed by atoms with Gasteiger partial charge in [-0.1, -0.05) is 12.1 Å². The second-order valence-corrected chi connectivity index (χ2v) is 7.02. The number of halogens is 1.